The first-order chi connectivity index (χ1) is 11.3. The van der Waals surface area contributed by atoms with Crippen molar-refractivity contribution in [2.75, 3.05) is 0 Å². The smallest absolute Gasteiger partial charge is 0.165 e. The van der Waals surface area contributed by atoms with Crippen molar-refractivity contribution < 1.29 is 14.4 Å². The molecule has 2 fully saturated rings. The predicted molar refractivity (Wildman–Crippen MR) is 95.5 cm³/mol. The molecule has 0 amide bonds. The Morgan fingerprint density at radius 1 is 1.08 bits per heavy atom. The Labute approximate surface area is 144 Å². The lowest BCUT2D eigenvalue weighted by Gasteiger charge is -2.31. The number of aryl methyl sites for hydroxylation is 1. The van der Waals surface area contributed by atoms with Gasteiger partial charge in [0.05, 0.1) is 6.42 Å². The molecular formula is C21H26O3. The second-order valence-electron chi connectivity index (χ2n) is 7.55. The van der Waals surface area contributed by atoms with E-state index in [-0.39, 0.29) is 17.3 Å². The Morgan fingerprint density at radius 3 is 2.08 bits per heavy atom. The van der Waals surface area contributed by atoms with E-state index in [2.05, 4.69) is 58.0 Å². The molecule has 0 spiro atoms. The van der Waals surface area contributed by atoms with E-state index in [1.807, 2.05) is 0 Å². The Hall–Kier alpha value is -2.03. The van der Waals surface area contributed by atoms with Gasteiger partial charge in [-0.2, -0.15) is 0 Å². The van der Waals surface area contributed by atoms with Gasteiger partial charge in [0.15, 0.2) is 5.78 Å². The molecule has 128 valence electrons. The van der Waals surface area contributed by atoms with Gasteiger partial charge in [-0.3, -0.25) is 4.79 Å². The number of fused-ring (bicyclic) bond motifs is 2. The molecule has 0 aromatic heterocycles. The minimum absolute atomic E-state index is 0.0278. The zero-order valence-corrected chi connectivity index (χ0v) is 15.0. The molecule has 0 heterocycles. The molecule has 2 atom stereocenters. The van der Waals surface area contributed by atoms with Crippen LogP contribution in [-0.4, -0.2) is 18.4 Å². The molecular weight excluding hydrogens is 300 g/mol. The van der Waals surface area contributed by atoms with Crippen LogP contribution in [0.4, 0.5) is 0 Å². The topological polar surface area (TPSA) is 51.2 Å². The largest absolute Gasteiger partial charge is 0.303 e. The lowest BCUT2D eigenvalue weighted by molar-refractivity contribution is -0.125. The summed E-state index contributed by atoms with van der Waals surface area (Å²) in [6.07, 6.45) is 5.49. The average molecular weight is 326 g/mol. The van der Waals surface area contributed by atoms with E-state index < -0.39 is 0 Å². The minimum Gasteiger partial charge on any atom is -0.303 e. The van der Waals surface area contributed by atoms with Crippen molar-refractivity contribution in [2.45, 2.75) is 47.0 Å². The summed E-state index contributed by atoms with van der Waals surface area (Å²) in [5, 5.41) is 0. The number of allylic oxidation sites excluding steroid dienone is 1. The third kappa shape index (κ3) is 3.00. The molecule has 2 unspecified atom stereocenters. The number of carbonyl (C=O) groups is 3. The van der Waals surface area contributed by atoms with Crippen LogP contribution in [0.5, 0.6) is 0 Å². The van der Waals surface area contributed by atoms with Crippen molar-refractivity contribution in [1.29, 1.82) is 0 Å². The van der Waals surface area contributed by atoms with Crippen LogP contribution in [0.3, 0.4) is 0 Å². The number of hydrogen-bond acceptors (Lipinski definition) is 3. The van der Waals surface area contributed by atoms with E-state index in [1.54, 1.807) is 0 Å². The van der Waals surface area contributed by atoms with Gasteiger partial charge in [0.25, 0.3) is 0 Å². The Kier molecular flexibility index (Phi) is 5.22. The number of Topliss-reactive ketones (excluding diaryl/α,β-unsaturated/α-hetero) is 1. The molecule has 3 nitrogen and oxygen atoms in total. The average Bonchev–Trinajstić information content (AvgIpc) is 2.85. The van der Waals surface area contributed by atoms with E-state index in [1.165, 1.54) is 5.56 Å². The van der Waals surface area contributed by atoms with Gasteiger partial charge in [0, 0.05) is 5.41 Å². The number of ketones is 1. The van der Waals surface area contributed by atoms with E-state index in [4.69, 9.17) is 0 Å². The maximum absolute atomic E-state index is 12.7. The number of carbonyl (C=O) groups excluding carboxylic acids is 3. The second kappa shape index (κ2) is 6.84. The summed E-state index contributed by atoms with van der Waals surface area (Å²) in [5.41, 5.74) is 3.44. The molecule has 2 saturated carbocycles. The SMILES string of the molecule is Cc1ccc(C=C2C(=O)C3(C)CCC2C3(C)C)cc1.O=CCC=O. The van der Waals surface area contributed by atoms with Crippen LogP contribution in [0, 0.1) is 23.7 Å². The summed E-state index contributed by atoms with van der Waals surface area (Å²) in [6, 6.07) is 8.43. The third-order valence-electron chi connectivity index (χ3n) is 5.96. The lowest BCUT2D eigenvalue weighted by atomic mass is 9.70. The highest BCUT2D eigenvalue weighted by Gasteiger charge is 2.63. The first-order valence-corrected chi connectivity index (χ1v) is 8.48. The van der Waals surface area contributed by atoms with Gasteiger partial charge in [-0.25, -0.2) is 0 Å². The molecule has 0 N–H and O–H groups in total. The summed E-state index contributed by atoms with van der Waals surface area (Å²) < 4.78 is 0. The maximum Gasteiger partial charge on any atom is 0.165 e. The normalized spacial score (nSPS) is 28.4. The molecule has 24 heavy (non-hydrogen) atoms. The summed E-state index contributed by atoms with van der Waals surface area (Å²) in [6.45, 7) is 8.77. The molecule has 2 aliphatic rings. The van der Waals surface area contributed by atoms with Crippen molar-refractivity contribution in [3.63, 3.8) is 0 Å². The first kappa shape index (κ1) is 18.3. The van der Waals surface area contributed by atoms with Crippen LogP contribution >= 0.6 is 0 Å². The molecule has 0 aliphatic heterocycles. The fourth-order valence-electron chi connectivity index (χ4n) is 3.98. The summed E-state index contributed by atoms with van der Waals surface area (Å²) in [5.74, 6) is 0.820. The van der Waals surface area contributed by atoms with Crippen molar-refractivity contribution >= 4 is 24.4 Å². The molecule has 3 heteroatoms. The van der Waals surface area contributed by atoms with Gasteiger partial charge in [-0.1, -0.05) is 50.6 Å². The molecule has 1 aromatic carbocycles. The van der Waals surface area contributed by atoms with Crippen LogP contribution in [0.1, 0.15) is 51.2 Å². The van der Waals surface area contributed by atoms with E-state index in [0.717, 1.165) is 24.0 Å². The predicted octanol–water partition coefficient (Wildman–Crippen LogP) is 4.18. The van der Waals surface area contributed by atoms with Crippen LogP contribution in [-0.2, 0) is 14.4 Å². The van der Waals surface area contributed by atoms with Gasteiger partial charge in [0.2, 0.25) is 0 Å². The van der Waals surface area contributed by atoms with Crippen molar-refractivity contribution in [3.05, 3.63) is 41.0 Å². The molecule has 0 saturated heterocycles. The highest BCUT2D eigenvalue weighted by Crippen LogP contribution is 2.65. The second-order valence-corrected chi connectivity index (χ2v) is 7.55. The summed E-state index contributed by atoms with van der Waals surface area (Å²) in [4.78, 5) is 31.1. The van der Waals surface area contributed by atoms with Gasteiger partial charge in [-0.05, 0) is 48.3 Å². The zero-order valence-electron chi connectivity index (χ0n) is 15.0. The standard InChI is InChI=1S/C18H22O.C3H4O2/c1-12-5-7-13(8-6-12)11-14-15-9-10-18(4,16(14)19)17(15,2)3;4-2-1-3-5/h5-8,11,15H,9-10H2,1-4H3;2-3H,1H2. The Balaban J connectivity index is 0.000000368. The Morgan fingerprint density at radius 2 is 1.67 bits per heavy atom. The zero-order chi connectivity index (χ0) is 18.0. The highest BCUT2D eigenvalue weighted by molar-refractivity contribution is 6.07. The third-order valence-corrected chi connectivity index (χ3v) is 5.96. The molecule has 2 bridgehead atoms. The Bertz CT molecular complexity index is 661. The lowest BCUT2D eigenvalue weighted by Crippen LogP contribution is -2.32. The van der Waals surface area contributed by atoms with Crippen LogP contribution in [0.25, 0.3) is 6.08 Å². The fraction of sp³-hybridized carbons (Fsp3) is 0.476. The van der Waals surface area contributed by atoms with Crippen LogP contribution in [0.2, 0.25) is 0 Å². The van der Waals surface area contributed by atoms with Crippen molar-refractivity contribution in [2.24, 2.45) is 16.7 Å². The monoisotopic (exact) mass is 326 g/mol. The van der Waals surface area contributed by atoms with Gasteiger partial charge >= 0.3 is 0 Å². The molecule has 3 rings (SSSR count). The first-order valence-electron chi connectivity index (χ1n) is 8.48. The minimum atomic E-state index is -0.145. The summed E-state index contributed by atoms with van der Waals surface area (Å²) >= 11 is 0. The van der Waals surface area contributed by atoms with Gasteiger partial charge in [0.1, 0.15) is 12.6 Å². The van der Waals surface area contributed by atoms with Crippen molar-refractivity contribution in [1.82, 2.24) is 0 Å². The molecule has 2 aliphatic carbocycles. The number of benzene rings is 1. The van der Waals surface area contributed by atoms with Gasteiger partial charge in [-0.15, -0.1) is 0 Å². The molecule has 0 radical (unpaired) electrons. The maximum atomic E-state index is 12.7. The summed E-state index contributed by atoms with van der Waals surface area (Å²) in [7, 11) is 0. The highest BCUT2D eigenvalue weighted by atomic mass is 16.1. The van der Waals surface area contributed by atoms with E-state index in [0.29, 0.717) is 24.3 Å². The molecule has 1 aromatic rings. The number of hydrogen-bond donors (Lipinski definition) is 0. The van der Waals surface area contributed by atoms with Crippen LogP contribution in [0.15, 0.2) is 29.8 Å². The van der Waals surface area contributed by atoms with E-state index in [9.17, 15) is 14.4 Å². The van der Waals surface area contributed by atoms with E-state index >= 15 is 0 Å². The fourth-order valence-corrected chi connectivity index (χ4v) is 3.98. The quantitative estimate of drug-likeness (QED) is 0.476. The number of rotatable bonds is 3. The van der Waals surface area contributed by atoms with Crippen molar-refractivity contribution in [3.8, 4) is 0 Å². The number of aldehydes is 2. The van der Waals surface area contributed by atoms with Crippen LogP contribution < -0.4 is 0 Å². The van der Waals surface area contributed by atoms with Gasteiger partial charge < -0.3 is 9.59 Å².